The van der Waals surface area contributed by atoms with Crippen LogP contribution in [0.25, 0.3) is 0 Å². The van der Waals surface area contributed by atoms with Gasteiger partial charge in [-0.15, -0.1) is 0 Å². The maximum atomic E-state index is 12.3. The van der Waals surface area contributed by atoms with Crippen LogP contribution in [0.4, 0.5) is 5.69 Å². The molecule has 2 atom stereocenters. The molecule has 4 nitrogen and oxygen atoms in total. The third kappa shape index (κ3) is 3.09. The summed E-state index contributed by atoms with van der Waals surface area (Å²) in [6.07, 6.45) is 1.92. The summed E-state index contributed by atoms with van der Waals surface area (Å²) < 4.78 is 27.4. The minimum absolute atomic E-state index is 0.0591. The maximum Gasteiger partial charge on any atom is 0.240 e. The van der Waals surface area contributed by atoms with Crippen molar-refractivity contribution >= 4 is 15.7 Å². The number of fused-ring (bicyclic) bond motifs is 1. The first-order chi connectivity index (χ1) is 8.94. The molecule has 0 bridgehead atoms. The van der Waals surface area contributed by atoms with Crippen LogP contribution in [0.1, 0.15) is 32.8 Å². The lowest BCUT2D eigenvalue weighted by Gasteiger charge is -2.20. The molecule has 5 heteroatoms. The van der Waals surface area contributed by atoms with Crippen molar-refractivity contribution in [1.82, 2.24) is 4.72 Å². The van der Waals surface area contributed by atoms with Crippen LogP contribution >= 0.6 is 0 Å². The van der Waals surface area contributed by atoms with E-state index < -0.39 is 10.0 Å². The zero-order chi connectivity index (χ0) is 14.0. The lowest BCUT2D eigenvalue weighted by atomic mass is 10.0. The fourth-order valence-electron chi connectivity index (χ4n) is 2.22. The Morgan fingerprint density at radius 3 is 2.79 bits per heavy atom. The topological polar surface area (TPSA) is 58.2 Å². The van der Waals surface area contributed by atoms with Crippen molar-refractivity contribution in [3.8, 4) is 0 Å². The minimum Gasteiger partial charge on any atom is -0.384 e. The molecule has 0 fully saturated rings. The van der Waals surface area contributed by atoms with Gasteiger partial charge in [0.2, 0.25) is 10.0 Å². The van der Waals surface area contributed by atoms with Crippen molar-refractivity contribution < 1.29 is 8.42 Å². The molecule has 0 spiro atoms. The number of anilines is 1. The van der Waals surface area contributed by atoms with Crippen LogP contribution < -0.4 is 10.0 Å². The molecule has 0 aliphatic carbocycles. The summed E-state index contributed by atoms with van der Waals surface area (Å²) in [6, 6.07) is 5.26. The second-order valence-corrected chi connectivity index (χ2v) is 7.01. The quantitative estimate of drug-likeness (QED) is 0.871. The molecule has 0 amide bonds. The van der Waals surface area contributed by atoms with Gasteiger partial charge in [0.1, 0.15) is 0 Å². The molecule has 0 radical (unpaired) electrons. The molecule has 0 aromatic heterocycles. The van der Waals surface area contributed by atoms with Crippen LogP contribution in [0.15, 0.2) is 23.1 Å². The molecule has 2 unspecified atom stereocenters. The Labute approximate surface area is 115 Å². The molecule has 1 aromatic rings. The van der Waals surface area contributed by atoms with Gasteiger partial charge in [0, 0.05) is 18.3 Å². The number of rotatable bonds is 5. The Morgan fingerprint density at radius 2 is 2.11 bits per heavy atom. The summed E-state index contributed by atoms with van der Waals surface area (Å²) in [7, 11) is -3.43. The molecular weight excluding hydrogens is 260 g/mol. The maximum absolute atomic E-state index is 12.3. The van der Waals surface area contributed by atoms with Gasteiger partial charge in [-0.2, -0.15) is 0 Å². The van der Waals surface area contributed by atoms with Gasteiger partial charge in [0.15, 0.2) is 0 Å². The number of sulfonamides is 1. The fourth-order valence-corrected chi connectivity index (χ4v) is 3.60. The molecular formula is C14H22N2O2S. The Kier molecular flexibility index (Phi) is 4.16. The lowest BCUT2D eigenvalue weighted by molar-refractivity contribution is 0.434. The van der Waals surface area contributed by atoms with Gasteiger partial charge >= 0.3 is 0 Å². The Morgan fingerprint density at radius 1 is 1.37 bits per heavy atom. The van der Waals surface area contributed by atoms with E-state index in [0.29, 0.717) is 10.8 Å². The van der Waals surface area contributed by atoms with Crippen LogP contribution in [-0.4, -0.2) is 21.0 Å². The van der Waals surface area contributed by atoms with Gasteiger partial charge in [-0.3, -0.25) is 0 Å². The highest BCUT2D eigenvalue weighted by Gasteiger charge is 2.22. The minimum atomic E-state index is -3.43. The first-order valence-electron chi connectivity index (χ1n) is 6.83. The van der Waals surface area contributed by atoms with Crippen LogP contribution in [0.2, 0.25) is 0 Å². The van der Waals surface area contributed by atoms with Crippen LogP contribution in [-0.2, 0) is 16.4 Å². The molecule has 0 saturated carbocycles. The van der Waals surface area contributed by atoms with E-state index in [9.17, 15) is 8.42 Å². The van der Waals surface area contributed by atoms with E-state index in [4.69, 9.17) is 0 Å². The van der Waals surface area contributed by atoms with Gasteiger partial charge in [0.05, 0.1) is 4.90 Å². The average molecular weight is 282 g/mol. The lowest BCUT2D eigenvalue weighted by Crippen LogP contribution is -2.36. The van der Waals surface area contributed by atoms with Crippen molar-refractivity contribution in [2.24, 2.45) is 5.92 Å². The molecule has 1 aliphatic rings. The predicted molar refractivity (Wildman–Crippen MR) is 77.9 cm³/mol. The van der Waals surface area contributed by atoms with Crippen molar-refractivity contribution in [3.05, 3.63) is 23.8 Å². The number of hydrogen-bond acceptors (Lipinski definition) is 3. The molecule has 106 valence electrons. The van der Waals surface area contributed by atoms with Gasteiger partial charge in [0.25, 0.3) is 0 Å². The fraction of sp³-hybridized carbons (Fsp3) is 0.571. The van der Waals surface area contributed by atoms with Crippen molar-refractivity contribution in [2.75, 3.05) is 11.9 Å². The SMILES string of the molecule is CCC(C)C(C)NS(=O)(=O)c1ccc2c(c1)NCC2. The van der Waals surface area contributed by atoms with Gasteiger partial charge in [-0.05, 0) is 37.0 Å². The number of nitrogens with one attached hydrogen (secondary N) is 2. The first kappa shape index (κ1) is 14.3. The van der Waals surface area contributed by atoms with E-state index in [-0.39, 0.29) is 6.04 Å². The normalized spacial score (nSPS) is 17.6. The van der Waals surface area contributed by atoms with Crippen molar-refractivity contribution in [3.63, 3.8) is 0 Å². The number of hydrogen-bond donors (Lipinski definition) is 2. The predicted octanol–water partition coefficient (Wildman–Crippen LogP) is 2.37. The smallest absolute Gasteiger partial charge is 0.240 e. The highest BCUT2D eigenvalue weighted by atomic mass is 32.2. The van der Waals surface area contributed by atoms with E-state index in [2.05, 4.69) is 23.9 Å². The Hall–Kier alpha value is -1.07. The molecule has 2 N–H and O–H groups in total. The summed E-state index contributed by atoms with van der Waals surface area (Å²) in [4.78, 5) is 0.343. The molecule has 1 aromatic carbocycles. The molecule has 1 heterocycles. The molecule has 0 saturated heterocycles. The van der Waals surface area contributed by atoms with Crippen molar-refractivity contribution in [2.45, 2.75) is 44.6 Å². The second-order valence-electron chi connectivity index (χ2n) is 5.29. The Bertz CT molecular complexity index is 555. The van der Waals surface area contributed by atoms with Crippen molar-refractivity contribution in [1.29, 1.82) is 0 Å². The molecule has 2 rings (SSSR count). The third-order valence-corrected chi connectivity index (χ3v) is 5.50. The highest BCUT2D eigenvalue weighted by Crippen LogP contribution is 2.25. The monoisotopic (exact) mass is 282 g/mol. The highest BCUT2D eigenvalue weighted by molar-refractivity contribution is 7.89. The summed E-state index contributed by atoms with van der Waals surface area (Å²) >= 11 is 0. The summed E-state index contributed by atoms with van der Waals surface area (Å²) in [5.41, 5.74) is 2.13. The standard InChI is InChI=1S/C14H22N2O2S/c1-4-10(2)11(3)16-19(17,18)13-6-5-12-7-8-15-14(12)9-13/h5-6,9-11,15-16H,4,7-8H2,1-3H3. The summed E-state index contributed by atoms with van der Waals surface area (Å²) in [5.74, 6) is 0.322. The summed E-state index contributed by atoms with van der Waals surface area (Å²) in [6.45, 7) is 6.92. The summed E-state index contributed by atoms with van der Waals surface area (Å²) in [5, 5.41) is 3.21. The largest absolute Gasteiger partial charge is 0.384 e. The average Bonchev–Trinajstić information content (AvgIpc) is 2.84. The second kappa shape index (κ2) is 5.51. The van der Waals surface area contributed by atoms with Gasteiger partial charge in [-0.25, -0.2) is 13.1 Å². The van der Waals surface area contributed by atoms with Gasteiger partial charge < -0.3 is 5.32 Å². The zero-order valence-corrected chi connectivity index (χ0v) is 12.5. The molecule has 1 aliphatic heterocycles. The zero-order valence-electron chi connectivity index (χ0n) is 11.7. The van der Waals surface area contributed by atoms with E-state index in [1.165, 1.54) is 5.56 Å². The van der Waals surface area contributed by atoms with Gasteiger partial charge in [-0.1, -0.05) is 26.3 Å². The van der Waals surface area contributed by atoms with Crippen LogP contribution in [0.5, 0.6) is 0 Å². The Balaban J connectivity index is 2.20. The van der Waals surface area contributed by atoms with E-state index in [1.807, 2.05) is 13.0 Å². The van der Waals surface area contributed by atoms with Crippen LogP contribution in [0, 0.1) is 5.92 Å². The first-order valence-corrected chi connectivity index (χ1v) is 8.31. The molecule has 19 heavy (non-hydrogen) atoms. The number of benzene rings is 1. The van der Waals surface area contributed by atoms with E-state index in [0.717, 1.165) is 25.1 Å². The van der Waals surface area contributed by atoms with E-state index in [1.54, 1.807) is 12.1 Å². The van der Waals surface area contributed by atoms with E-state index >= 15 is 0 Å². The van der Waals surface area contributed by atoms with Crippen LogP contribution in [0.3, 0.4) is 0 Å². The third-order valence-electron chi connectivity index (χ3n) is 3.94.